The van der Waals surface area contributed by atoms with Crippen LogP contribution in [0.4, 0.5) is 16.0 Å². The van der Waals surface area contributed by atoms with Gasteiger partial charge in [-0.2, -0.15) is 0 Å². The number of ether oxygens (including phenoxy) is 2. The highest BCUT2D eigenvalue weighted by Gasteiger charge is 2.23. The molecular formula is C23H24FN5O3. The van der Waals surface area contributed by atoms with Gasteiger partial charge in [0.1, 0.15) is 19.0 Å². The van der Waals surface area contributed by atoms with Gasteiger partial charge in [0.2, 0.25) is 11.9 Å². The van der Waals surface area contributed by atoms with Crippen LogP contribution in [-0.2, 0) is 4.79 Å². The fourth-order valence-corrected chi connectivity index (χ4v) is 4.00. The molecule has 1 saturated heterocycles. The Bertz CT molecular complexity index is 1110. The number of para-hydroxylation sites is 1. The molecule has 2 aliphatic rings. The van der Waals surface area contributed by atoms with Crippen molar-refractivity contribution in [3.05, 3.63) is 60.7 Å². The van der Waals surface area contributed by atoms with Gasteiger partial charge in [0, 0.05) is 50.3 Å². The molecule has 0 bridgehead atoms. The van der Waals surface area contributed by atoms with Crippen molar-refractivity contribution in [3.8, 4) is 17.2 Å². The maximum absolute atomic E-state index is 14.2. The molecule has 32 heavy (non-hydrogen) atoms. The number of rotatable bonds is 5. The predicted octanol–water partition coefficient (Wildman–Crippen LogP) is 2.54. The topological polar surface area (TPSA) is 71.9 Å². The summed E-state index contributed by atoms with van der Waals surface area (Å²) in [7, 11) is 0. The summed E-state index contributed by atoms with van der Waals surface area (Å²) in [6, 6.07) is 12.1. The van der Waals surface area contributed by atoms with Crippen molar-refractivity contribution in [3.63, 3.8) is 0 Å². The molecule has 8 nitrogen and oxygen atoms in total. The van der Waals surface area contributed by atoms with Gasteiger partial charge < -0.3 is 19.7 Å². The molecule has 0 unspecified atom stereocenters. The van der Waals surface area contributed by atoms with Crippen LogP contribution in [0.2, 0.25) is 0 Å². The number of piperazine rings is 1. The van der Waals surface area contributed by atoms with E-state index in [4.69, 9.17) is 9.47 Å². The first-order chi connectivity index (χ1) is 15.7. The molecule has 3 heterocycles. The number of hydrogen-bond acceptors (Lipinski definition) is 6. The van der Waals surface area contributed by atoms with E-state index in [2.05, 4.69) is 20.1 Å². The van der Waals surface area contributed by atoms with E-state index in [0.29, 0.717) is 74.8 Å². The van der Waals surface area contributed by atoms with Crippen LogP contribution in [0.5, 0.6) is 11.5 Å². The Kier molecular flexibility index (Phi) is 5.64. The third-order valence-corrected chi connectivity index (χ3v) is 5.58. The minimum Gasteiger partial charge on any atom is -0.486 e. The second kappa shape index (κ2) is 8.88. The number of carbonyl (C=O) groups excluding carboxylic acids is 1. The second-order valence-electron chi connectivity index (χ2n) is 7.72. The number of anilines is 2. The number of amides is 1. The van der Waals surface area contributed by atoms with Crippen molar-refractivity contribution in [1.29, 1.82) is 0 Å². The number of carbonyl (C=O) groups is 1. The zero-order chi connectivity index (χ0) is 21.9. The molecular weight excluding hydrogens is 413 g/mol. The first-order valence-corrected chi connectivity index (χ1v) is 10.6. The highest BCUT2D eigenvalue weighted by Crippen LogP contribution is 2.32. The third-order valence-electron chi connectivity index (χ3n) is 5.58. The minimum absolute atomic E-state index is 0.0806. The van der Waals surface area contributed by atoms with Gasteiger partial charge >= 0.3 is 0 Å². The maximum Gasteiger partial charge on any atom is 0.238 e. The van der Waals surface area contributed by atoms with Crippen molar-refractivity contribution in [2.75, 3.05) is 56.2 Å². The monoisotopic (exact) mass is 437 g/mol. The molecule has 9 heteroatoms. The molecule has 1 fully saturated rings. The Labute approximate surface area is 185 Å². The second-order valence-corrected chi connectivity index (χ2v) is 7.72. The number of imidazole rings is 1. The van der Waals surface area contributed by atoms with Crippen LogP contribution < -0.4 is 19.7 Å². The number of halogens is 1. The van der Waals surface area contributed by atoms with E-state index in [-0.39, 0.29) is 11.7 Å². The molecule has 2 aliphatic heterocycles. The van der Waals surface area contributed by atoms with Crippen molar-refractivity contribution in [2.24, 2.45) is 0 Å². The largest absolute Gasteiger partial charge is 0.486 e. The molecule has 1 aromatic heterocycles. The van der Waals surface area contributed by atoms with Gasteiger partial charge in [-0.1, -0.05) is 12.1 Å². The summed E-state index contributed by atoms with van der Waals surface area (Å²) in [5.41, 5.74) is 1.16. The number of hydrogen-bond donors (Lipinski definition) is 1. The van der Waals surface area contributed by atoms with E-state index in [1.807, 2.05) is 6.07 Å². The average Bonchev–Trinajstić information content (AvgIpc) is 3.29. The lowest BCUT2D eigenvalue weighted by Crippen LogP contribution is -2.49. The molecule has 0 aliphatic carbocycles. The summed E-state index contributed by atoms with van der Waals surface area (Å²) in [5.74, 6) is 1.67. The van der Waals surface area contributed by atoms with Gasteiger partial charge in [0.05, 0.1) is 12.2 Å². The summed E-state index contributed by atoms with van der Waals surface area (Å²) in [6.45, 7) is 4.14. The van der Waals surface area contributed by atoms with Crippen molar-refractivity contribution in [2.45, 2.75) is 0 Å². The van der Waals surface area contributed by atoms with E-state index >= 15 is 0 Å². The van der Waals surface area contributed by atoms with Gasteiger partial charge in [-0.15, -0.1) is 0 Å². The normalized spacial score (nSPS) is 16.1. The molecule has 0 atom stereocenters. The fourth-order valence-electron chi connectivity index (χ4n) is 4.00. The predicted molar refractivity (Wildman–Crippen MR) is 118 cm³/mol. The molecule has 5 rings (SSSR count). The van der Waals surface area contributed by atoms with E-state index in [1.165, 1.54) is 6.07 Å². The molecule has 3 aromatic rings. The summed E-state index contributed by atoms with van der Waals surface area (Å²) in [5, 5.41) is 2.93. The summed E-state index contributed by atoms with van der Waals surface area (Å²) in [6.07, 6.45) is 3.44. The highest BCUT2D eigenvalue weighted by molar-refractivity contribution is 5.92. The Morgan fingerprint density at radius 1 is 1.03 bits per heavy atom. The number of nitrogens with zero attached hydrogens (tertiary/aromatic N) is 4. The summed E-state index contributed by atoms with van der Waals surface area (Å²) >= 11 is 0. The van der Waals surface area contributed by atoms with Crippen molar-refractivity contribution in [1.82, 2.24) is 14.5 Å². The number of nitrogens with one attached hydrogen (secondary N) is 1. The van der Waals surface area contributed by atoms with E-state index in [9.17, 15) is 9.18 Å². The highest BCUT2D eigenvalue weighted by atomic mass is 19.1. The van der Waals surface area contributed by atoms with Crippen LogP contribution in [0.15, 0.2) is 54.9 Å². The minimum atomic E-state index is -0.291. The lowest BCUT2D eigenvalue weighted by atomic mass is 10.2. The van der Waals surface area contributed by atoms with Gasteiger partial charge in [0.15, 0.2) is 11.5 Å². The summed E-state index contributed by atoms with van der Waals surface area (Å²) in [4.78, 5) is 21.2. The first-order valence-electron chi connectivity index (χ1n) is 10.6. The lowest BCUT2D eigenvalue weighted by Gasteiger charge is -2.35. The van der Waals surface area contributed by atoms with Crippen LogP contribution in [0.1, 0.15) is 0 Å². The Hall–Kier alpha value is -3.59. The molecule has 0 spiro atoms. The van der Waals surface area contributed by atoms with Gasteiger partial charge in [-0.3, -0.25) is 14.3 Å². The quantitative estimate of drug-likeness (QED) is 0.662. The Morgan fingerprint density at radius 2 is 1.81 bits per heavy atom. The number of aromatic nitrogens is 2. The van der Waals surface area contributed by atoms with Gasteiger partial charge in [-0.25, -0.2) is 9.37 Å². The van der Waals surface area contributed by atoms with E-state index < -0.39 is 0 Å². The Morgan fingerprint density at radius 3 is 2.62 bits per heavy atom. The standard InChI is InChI=1S/C23H24FN5O3/c24-18-3-1-2-4-19(18)29-8-7-25-23(29)28-11-9-27(10-12-28)16-22(30)26-17-5-6-20-21(15-17)32-14-13-31-20/h1-8,15H,9-14,16H2,(H,26,30). The zero-order valence-electron chi connectivity index (χ0n) is 17.5. The van der Waals surface area contributed by atoms with Gasteiger partial charge in [0.25, 0.3) is 0 Å². The van der Waals surface area contributed by atoms with E-state index in [0.717, 1.165) is 0 Å². The fraction of sp³-hybridized carbons (Fsp3) is 0.304. The SMILES string of the molecule is O=C(CN1CCN(c2nccn2-c2ccccc2F)CC1)Nc1ccc2c(c1)OCCO2. The molecule has 1 N–H and O–H groups in total. The lowest BCUT2D eigenvalue weighted by molar-refractivity contribution is -0.117. The number of benzene rings is 2. The van der Waals surface area contributed by atoms with Crippen LogP contribution in [0, 0.1) is 5.82 Å². The van der Waals surface area contributed by atoms with Gasteiger partial charge in [-0.05, 0) is 24.3 Å². The molecule has 166 valence electrons. The maximum atomic E-state index is 14.2. The zero-order valence-corrected chi connectivity index (χ0v) is 17.5. The molecule has 2 aromatic carbocycles. The van der Waals surface area contributed by atoms with Crippen LogP contribution in [-0.4, -0.2) is 66.3 Å². The molecule has 0 radical (unpaired) electrons. The van der Waals surface area contributed by atoms with Crippen LogP contribution in [0.25, 0.3) is 5.69 Å². The smallest absolute Gasteiger partial charge is 0.238 e. The number of fused-ring (bicyclic) bond motifs is 1. The van der Waals surface area contributed by atoms with Crippen LogP contribution in [0.3, 0.4) is 0 Å². The molecule has 1 amide bonds. The first kappa shape index (κ1) is 20.3. The van der Waals surface area contributed by atoms with Crippen molar-refractivity contribution < 1.29 is 18.7 Å². The summed E-state index contributed by atoms with van der Waals surface area (Å²) < 4.78 is 27.1. The van der Waals surface area contributed by atoms with Crippen LogP contribution >= 0.6 is 0 Å². The Balaban J connectivity index is 1.17. The van der Waals surface area contributed by atoms with Crippen molar-refractivity contribution >= 4 is 17.5 Å². The third kappa shape index (κ3) is 4.24. The average molecular weight is 437 g/mol. The van der Waals surface area contributed by atoms with E-state index in [1.54, 1.807) is 47.3 Å². The molecule has 0 saturated carbocycles.